The summed E-state index contributed by atoms with van der Waals surface area (Å²) in [5, 5.41) is 2.87. The van der Waals surface area contributed by atoms with Crippen LogP contribution >= 0.6 is 0 Å². The summed E-state index contributed by atoms with van der Waals surface area (Å²) >= 11 is 0. The fourth-order valence-corrected chi connectivity index (χ4v) is 3.22. The van der Waals surface area contributed by atoms with Gasteiger partial charge in [-0.05, 0) is 37.0 Å². The van der Waals surface area contributed by atoms with Crippen LogP contribution in [0.2, 0.25) is 0 Å². The molecule has 0 aliphatic carbocycles. The molecule has 118 valence electrons. The predicted molar refractivity (Wildman–Crippen MR) is 84.3 cm³/mol. The van der Waals surface area contributed by atoms with E-state index in [2.05, 4.69) is 22.3 Å². The minimum atomic E-state index is -0.663. The van der Waals surface area contributed by atoms with Crippen LogP contribution in [0.5, 0.6) is 0 Å². The Balaban J connectivity index is 1.53. The number of rotatable bonds is 3. The highest BCUT2D eigenvalue weighted by Crippen LogP contribution is 2.28. The van der Waals surface area contributed by atoms with E-state index in [9.17, 15) is 9.59 Å². The molecule has 0 radical (unpaired) electrons. The summed E-state index contributed by atoms with van der Waals surface area (Å²) in [4.78, 5) is 27.4. The first-order valence-corrected chi connectivity index (χ1v) is 7.67. The zero-order valence-electron chi connectivity index (χ0n) is 12.8. The molecule has 3 amide bonds. The third-order valence-corrected chi connectivity index (χ3v) is 4.77. The molecule has 2 fully saturated rings. The summed E-state index contributed by atoms with van der Waals surface area (Å²) in [6.45, 7) is 2.61. The number of urea groups is 1. The Bertz CT molecular complexity index is 576. The summed E-state index contributed by atoms with van der Waals surface area (Å²) < 4.78 is 0. The SMILES string of the molecule is CN1C(=O)NC2(CCN(CCc3ccc(N)cc3)CC2)C1=O. The average Bonchev–Trinajstić information content (AvgIpc) is 2.73. The average molecular weight is 302 g/mol. The minimum absolute atomic E-state index is 0.0873. The van der Waals surface area contributed by atoms with Crippen molar-refractivity contribution in [3.05, 3.63) is 29.8 Å². The highest BCUT2D eigenvalue weighted by Gasteiger charge is 2.50. The van der Waals surface area contributed by atoms with Gasteiger partial charge in [0.2, 0.25) is 0 Å². The number of piperidine rings is 1. The summed E-state index contributed by atoms with van der Waals surface area (Å²) in [7, 11) is 1.54. The molecule has 0 unspecified atom stereocenters. The Hall–Kier alpha value is -2.08. The van der Waals surface area contributed by atoms with Crippen LogP contribution in [-0.2, 0) is 11.2 Å². The van der Waals surface area contributed by atoms with Gasteiger partial charge in [0.15, 0.2) is 0 Å². The van der Waals surface area contributed by atoms with E-state index in [4.69, 9.17) is 5.73 Å². The number of likely N-dealkylation sites (N-methyl/N-ethyl adjacent to an activating group) is 1. The molecule has 2 heterocycles. The molecule has 3 N–H and O–H groups in total. The normalized spacial score (nSPS) is 21.4. The van der Waals surface area contributed by atoms with Gasteiger partial charge in [0.25, 0.3) is 5.91 Å². The van der Waals surface area contributed by atoms with Gasteiger partial charge in [-0.1, -0.05) is 12.1 Å². The fraction of sp³-hybridized carbons (Fsp3) is 0.500. The van der Waals surface area contributed by atoms with Crippen molar-refractivity contribution in [3.63, 3.8) is 0 Å². The lowest BCUT2D eigenvalue weighted by Gasteiger charge is -2.37. The molecule has 22 heavy (non-hydrogen) atoms. The van der Waals surface area contributed by atoms with Gasteiger partial charge in [-0.15, -0.1) is 0 Å². The molecule has 3 rings (SSSR count). The van der Waals surface area contributed by atoms with Crippen LogP contribution in [-0.4, -0.2) is 54.0 Å². The first-order valence-electron chi connectivity index (χ1n) is 7.67. The van der Waals surface area contributed by atoms with E-state index < -0.39 is 5.54 Å². The van der Waals surface area contributed by atoms with Crippen LogP contribution in [0.3, 0.4) is 0 Å². The van der Waals surface area contributed by atoms with E-state index in [-0.39, 0.29) is 11.9 Å². The number of amides is 3. The maximum Gasteiger partial charge on any atom is 0.324 e. The van der Waals surface area contributed by atoms with Crippen molar-refractivity contribution in [2.45, 2.75) is 24.8 Å². The van der Waals surface area contributed by atoms with Crippen molar-refractivity contribution in [2.75, 3.05) is 32.4 Å². The minimum Gasteiger partial charge on any atom is -0.399 e. The van der Waals surface area contributed by atoms with E-state index in [0.29, 0.717) is 12.8 Å². The molecule has 6 nitrogen and oxygen atoms in total. The summed E-state index contributed by atoms with van der Waals surface area (Å²) in [5.74, 6) is -0.0873. The van der Waals surface area contributed by atoms with Crippen molar-refractivity contribution in [2.24, 2.45) is 0 Å². The van der Waals surface area contributed by atoms with Crippen LogP contribution < -0.4 is 11.1 Å². The number of nitrogens with zero attached hydrogens (tertiary/aromatic N) is 2. The molecule has 2 aliphatic heterocycles. The van der Waals surface area contributed by atoms with E-state index >= 15 is 0 Å². The van der Waals surface area contributed by atoms with Crippen LogP contribution in [0.4, 0.5) is 10.5 Å². The number of hydrogen-bond donors (Lipinski definition) is 2. The molecular weight excluding hydrogens is 280 g/mol. The molecule has 1 aromatic rings. The number of nitrogens with two attached hydrogens (primary N) is 1. The van der Waals surface area contributed by atoms with Crippen molar-refractivity contribution in [1.82, 2.24) is 15.1 Å². The standard InChI is InChI=1S/C16H22N4O2/c1-19-14(21)16(18-15(19)22)7-10-20(11-8-16)9-6-12-2-4-13(17)5-3-12/h2-5H,6-11,17H2,1H3,(H,18,22). The Morgan fingerprint density at radius 2 is 1.82 bits per heavy atom. The van der Waals surface area contributed by atoms with E-state index in [1.165, 1.54) is 10.5 Å². The Morgan fingerprint density at radius 3 is 2.36 bits per heavy atom. The Kier molecular flexibility index (Phi) is 3.78. The highest BCUT2D eigenvalue weighted by atomic mass is 16.2. The molecule has 0 saturated carbocycles. The first kappa shape index (κ1) is 14.8. The number of hydrogen-bond acceptors (Lipinski definition) is 4. The number of carbonyl (C=O) groups is 2. The van der Waals surface area contributed by atoms with Crippen LogP contribution in [0.25, 0.3) is 0 Å². The topological polar surface area (TPSA) is 78.7 Å². The molecule has 2 saturated heterocycles. The third-order valence-electron chi connectivity index (χ3n) is 4.77. The van der Waals surface area contributed by atoms with Gasteiger partial charge >= 0.3 is 6.03 Å². The van der Waals surface area contributed by atoms with Gasteiger partial charge < -0.3 is 16.0 Å². The molecule has 0 atom stereocenters. The van der Waals surface area contributed by atoms with Gasteiger partial charge in [0, 0.05) is 32.4 Å². The molecule has 0 aromatic heterocycles. The van der Waals surface area contributed by atoms with Gasteiger partial charge in [-0.25, -0.2) is 4.79 Å². The highest BCUT2D eigenvalue weighted by molar-refractivity contribution is 6.06. The molecule has 2 aliphatic rings. The van der Waals surface area contributed by atoms with Crippen molar-refractivity contribution in [3.8, 4) is 0 Å². The quantitative estimate of drug-likeness (QED) is 0.640. The second-order valence-electron chi connectivity index (χ2n) is 6.21. The van der Waals surface area contributed by atoms with Gasteiger partial charge in [-0.3, -0.25) is 9.69 Å². The Morgan fingerprint density at radius 1 is 1.18 bits per heavy atom. The monoisotopic (exact) mass is 302 g/mol. The number of nitrogen functional groups attached to an aromatic ring is 1. The molecule has 6 heteroatoms. The Labute approximate surface area is 130 Å². The van der Waals surface area contributed by atoms with E-state index in [1.807, 2.05) is 12.1 Å². The largest absolute Gasteiger partial charge is 0.399 e. The number of anilines is 1. The number of benzene rings is 1. The molecule has 0 bridgehead atoms. The van der Waals surface area contributed by atoms with Crippen molar-refractivity contribution >= 4 is 17.6 Å². The van der Waals surface area contributed by atoms with Crippen molar-refractivity contribution in [1.29, 1.82) is 0 Å². The van der Waals surface area contributed by atoms with Gasteiger partial charge in [-0.2, -0.15) is 0 Å². The van der Waals surface area contributed by atoms with Crippen LogP contribution in [0, 0.1) is 0 Å². The van der Waals surface area contributed by atoms with Crippen molar-refractivity contribution < 1.29 is 9.59 Å². The van der Waals surface area contributed by atoms with Gasteiger partial charge in [0.05, 0.1) is 0 Å². The third kappa shape index (κ3) is 2.66. The summed E-state index contributed by atoms with van der Waals surface area (Å²) in [6, 6.07) is 7.67. The summed E-state index contributed by atoms with van der Waals surface area (Å²) in [5.41, 5.74) is 7.07. The summed E-state index contributed by atoms with van der Waals surface area (Å²) in [6.07, 6.45) is 2.33. The smallest absolute Gasteiger partial charge is 0.324 e. The number of likely N-dealkylation sites (tertiary alicyclic amines) is 1. The second-order valence-corrected chi connectivity index (χ2v) is 6.21. The lowest BCUT2D eigenvalue weighted by molar-refractivity contribution is -0.132. The number of nitrogens with one attached hydrogen (secondary N) is 1. The van der Waals surface area contributed by atoms with Crippen LogP contribution in [0.15, 0.2) is 24.3 Å². The maximum atomic E-state index is 12.2. The van der Waals surface area contributed by atoms with E-state index in [0.717, 1.165) is 31.7 Å². The zero-order valence-corrected chi connectivity index (χ0v) is 12.8. The second kappa shape index (κ2) is 5.61. The number of imide groups is 1. The fourth-order valence-electron chi connectivity index (χ4n) is 3.22. The van der Waals surface area contributed by atoms with Gasteiger partial charge in [0.1, 0.15) is 5.54 Å². The maximum absolute atomic E-state index is 12.2. The zero-order chi connectivity index (χ0) is 15.7. The molecular formula is C16H22N4O2. The predicted octanol–water partition coefficient (Wildman–Crippen LogP) is 0.827. The van der Waals surface area contributed by atoms with Crippen LogP contribution in [0.1, 0.15) is 18.4 Å². The molecule has 1 aromatic carbocycles. The first-order chi connectivity index (χ1) is 10.5. The lowest BCUT2D eigenvalue weighted by atomic mass is 9.87. The lowest BCUT2D eigenvalue weighted by Crippen LogP contribution is -2.55. The number of carbonyl (C=O) groups excluding carboxylic acids is 2. The van der Waals surface area contributed by atoms with E-state index in [1.54, 1.807) is 7.05 Å². The molecule has 1 spiro atoms.